The summed E-state index contributed by atoms with van der Waals surface area (Å²) in [6.45, 7) is 19.7. The van der Waals surface area contributed by atoms with E-state index in [2.05, 4.69) is 48.3 Å². The minimum atomic E-state index is -0.535. The van der Waals surface area contributed by atoms with Crippen molar-refractivity contribution in [2.45, 2.75) is 92.8 Å². The molecule has 0 saturated heterocycles. The molecule has 1 aliphatic heterocycles. The summed E-state index contributed by atoms with van der Waals surface area (Å²) in [7, 11) is 1.67. The summed E-state index contributed by atoms with van der Waals surface area (Å²) in [6, 6.07) is 22.9. The molecule has 1 N–H and O–H groups in total. The number of ether oxygens (including phenoxy) is 3. The predicted octanol–water partition coefficient (Wildman–Crippen LogP) is 9.74. The van der Waals surface area contributed by atoms with Crippen molar-refractivity contribution in [3.63, 3.8) is 0 Å². The number of hydrogen-bond donors (Lipinski definition) is 1. The molecule has 3 aromatic carbocycles. The molecule has 4 aromatic rings. The Kier molecular flexibility index (Phi) is 14.8. The molecule has 1 aromatic heterocycles. The van der Waals surface area contributed by atoms with Crippen molar-refractivity contribution >= 4 is 12.0 Å². The van der Waals surface area contributed by atoms with Gasteiger partial charge in [0, 0.05) is 49.0 Å². The van der Waals surface area contributed by atoms with Gasteiger partial charge in [0.2, 0.25) is 5.91 Å². The summed E-state index contributed by atoms with van der Waals surface area (Å²) >= 11 is 0. The molecule has 282 valence electrons. The molecule has 6 rings (SSSR count). The molecule has 0 radical (unpaired) electrons. The summed E-state index contributed by atoms with van der Waals surface area (Å²) < 4.78 is 17.2. The minimum Gasteiger partial charge on any atom is -0.491 e. The van der Waals surface area contributed by atoms with Crippen molar-refractivity contribution in [3.8, 4) is 39.4 Å². The summed E-state index contributed by atoms with van der Waals surface area (Å²) in [5.74, 6) is 0.579. The van der Waals surface area contributed by atoms with Gasteiger partial charge in [-0.05, 0) is 98.5 Å². The van der Waals surface area contributed by atoms with Crippen LogP contribution in [0, 0.1) is 0 Å². The lowest BCUT2D eigenvalue weighted by Crippen LogP contribution is -2.39. The lowest BCUT2D eigenvalue weighted by molar-refractivity contribution is -0.116. The summed E-state index contributed by atoms with van der Waals surface area (Å²) in [5, 5.41) is 2.90. The molecule has 0 fully saturated rings. The van der Waals surface area contributed by atoms with Crippen LogP contribution < -0.4 is 10.1 Å². The van der Waals surface area contributed by atoms with Crippen molar-refractivity contribution in [2.24, 2.45) is 0 Å². The quantitative estimate of drug-likeness (QED) is 0.130. The maximum absolute atomic E-state index is 12.8. The third-order valence-corrected chi connectivity index (χ3v) is 8.96. The Morgan fingerprint density at radius 2 is 1.60 bits per heavy atom. The number of carbonyl (C=O) groups is 2. The maximum Gasteiger partial charge on any atom is 0.410 e. The fourth-order valence-electron chi connectivity index (χ4n) is 6.70. The first-order chi connectivity index (χ1) is 25.6. The molecule has 0 saturated carbocycles. The predicted molar refractivity (Wildman–Crippen MR) is 215 cm³/mol. The normalized spacial score (nSPS) is 12.9. The molecule has 8 nitrogen and oxygen atoms in total. The molecular weight excluding hydrogens is 663 g/mol. The van der Waals surface area contributed by atoms with Crippen molar-refractivity contribution < 1.29 is 23.8 Å². The molecular formula is C45H57N3O5. The number of carbonyl (C=O) groups excluding carboxylic acids is 2. The fourth-order valence-corrected chi connectivity index (χ4v) is 6.70. The van der Waals surface area contributed by atoms with Crippen LogP contribution in [0.1, 0.15) is 82.7 Å². The van der Waals surface area contributed by atoms with E-state index in [4.69, 9.17) is 19.2 Å². The number of benzene rings is 3. The lowest BCUT2D eigenvalue weighted by atomic mass is 9.88. The van der Waals surface area contributed by atoms with Gasteiger partial charge in [0.05, 0.1) is 18.0 Å². The van der Waals surface area contributed by atoms with Crippen LogP contribution in [0.4, 0.5) is 4.79 Å². The molecule has 0 spiro atoms. The van der Waals surface area contributed by atoms with Crippen LogP contribution in [0.15, 0.2) is 79.4 Å². The highest BCUT2D eigenvalue weighted by molar-refractivity contribution is 5.90. The number of para-hydroxylation sites is 1. The molecule has 8 heteroatoms. The number of aromatic nitrogens is 1. The van der Waals surface area contributed by atoms with Crippen LogP contribution in [0.2, 0.25) is 0 Å². The van der Waals surface area contributed by atoms with Crippen LogP contribution in [0.3, 0.4) is 0 Å². The molecule has 0 bridgehead atoms. The van der Waals surface area contributed by atoms with E-state index in [1.807, 2.05) is 78.8 Å². The number of hydrogen-bond acceptors (Lipinski definition) is 6. The highest BCUT2D eigenvalue weighted by Gasteiger charge is 2.29. The van der Waals surface area contributed by atoms with Gasteiger partial charge in [-0.25, -0.2) is 9.78 Å². The number of pyridine rings is 1. The Hall–Kier alpha value is -4.95. The van der Waals surface area contributed by atoms with Gasteiger partial charge in [0.15, 0.2) is 0 Å². The zero-order valence-corrected chi connectivity index (χ0v) is 32.9. The molecule has 53 heavy (non-hydrogen) atoms. The van der Waals surface area contributed by atoms with E-state index in [9.17, 15) is 9.59 Å². The van der Waals surface area contributed by atoms with Crippen molar-refractivity contribution in [2.75, 3.05) is 26.9 Å². The topological polar surface area (TPSA) is 90.0 Å². The average molecular weight is 720 g/mol. The largest absolute Gasteiger partial charge is 0.491 e. The van der Waals surface area contributed by atoms with E-state index in [0.29, 0.717) is 32.8 Å². The first-order valence-corrected chi connectivity index (χ1v) is 19.0. The van der Waals surface area contributed by atoms with Gasteiger partial charge in [0.25, 0.3) is 0 Å². The zero-order chi connectivity index (χ0) is 38.5. The second-order valence-corrected chi connectivity index (χ2v) is 13.6. The van der Waals surface area contributed by atoms with Crippen LogP contribution in [0.5, 0.6) is 5.75 Å². The Morgan fingerprint density at radius 1 is 0.868 bits per heavy atom. The van der Waals surface area contributed by atoms with Gasteiger partial charge < -0.3 is 24.4 Å². The summed E-state index contributed by atoms with van der Waals surface area (Å²) in [6.07, 6.45) is 4.67. The number of methoxy groups -OCH3 is 1. The molecule has 0 unspecified atom stereocenters. The lowest BCUT2D eigenvalue weighted by Gasteiger charge is -2.31. The standard InChI is InChI=1S/C41H45N3O5.2C2H6/c1-6-36(45)42-25-27-11-9-12-29(23-27)39-37(34-13-7-8-16-35(34)48-22-21-47-5)32-14-10-15-33(32)38(43-39)30-17-18-31-26-44(20-19-28(31)24-30)40(46)49-41(2,3)4;2*1-2/h6-9,11-13,16-18,23-24H,1,10,14-15,19-22,25-26H2,2-5H3,(H,42,45);2*1-2H3. The minimum absolute atomic E-state index is 0.215. The number of nitrogens with one attached hydrogen (secondary N) is 1. The Balaban J connectivity index is 0.00000152. The molecule has 2 amide bonds. The molecule has 1 aliphatic carbocycles. The highest BCUT2D eigenvalue weighted by atomic mass is 16.6. The number of rotatable bonds is 10. The number of nitrogens with zero attached hydrogens (tertiary/aromatic N) is 2. The van der Waals surface area contributed by atoms with E-state index in [1.54, 1.807) is 12.0 Å². The maximum atomic E-state index is 12.8. The van der Waals surface area contributed by atoms with E-state index in [1.165, 1.54) is 22.8 Å². The van der Waals surface area contributed by atoms with Gasteiger partial charge in [-0.2, -0.15) is 0 Å². The van der Waals surface area contributed by atoms with E-state index in [0.717, 1.165) is 76.2 Å². The van der Waals surface area contributed by atoms with Gasteiger partial charge in [0.1, 0.15) is 18.0 Å². The third-order valence-electron chi connectivity index (χ3n) is 8.96. The fraction of sp³-hybridized carbons (Fsp3) is 0.400. The second kappa shape index (κ2) is 19.2. The Labute approximate surface area is 316 Å². The average Bonchev–Trinajstić information content (AvgIpc) is 3.67. The van der Waals surface area contributed by atoms with Crippen LogP contribution in [-0.2, 0) is 46.6 Å². The third kappa shape index (κ3) is 10.1. The number of fused-ring (bicyclic) bond motifs is 2. The van der Waals surface area contributed by atoms with Gasteiger partial charge in [-0.15, -0.1) is 0 Å². The molecule has 2 heterocycles. The van der Waals surface area contributed by atoms with Crippen molar-refractivity contribution in [3.05, 3.63) is 107 Å². The second-order valence-electron chi connectivity index (χ2n) is 13.6. The summed E-state index contributed by atoms with van der Waals surface area (Å²) in [5.41, 5.74) is 11.4. The number of amides is 2. The van der Waals surface area contributed by atoms with E-state index < -0.39 is 5.60 Å². The van der Waals surface area contributed by atoms with E-state index in [-0.39, 0.29) is 12.0 Å². The first-order valence-electron chi connectivity index (χ1n) is 19.0. The zero-order valence-electron chi connectivity index (χ0n) is 32.9. The van der Waals surface area contributed by atoms with Gasteiger partial charge in [-0.3, -0.25) is 4.79 Å². The summed E-state index contributed by atoms with van der Waals surface area (Å²) in [4.78, 5) is 32.1. The Morgan fingerprint density at radius 3 is 2.34 bits per heavy atom. The Bertz CT molecular complexity index is 1880. The van der Waals surface area contributed by atoms with Crippen LogP contribution in [0.25, 0.3) is 33.6 Å². The van der Waals surface area contributed by atoms with Crippen LogP contribution in [-0.4, -0.2) is 54.4 Å². The van der Waals surface area contributed by atoms with Gasteiger partial charge >= 0.3 is 6.09 Å². The molecule has 0 atom stereocenters. The van der Waals surface area contributed by atoms with Crippen molar-refractivity contribution in [1.82, 2.24) is 15.2 Å². The van der Waals surface area contributed by atoms with E-state index >= 15 is 0 Å². The molecule has 2 aliphatic rings. The highest BCUT2D eigenvalue weighted by Crippen LogP contribution is 2.46. The van der Waals surface area contributed by atoms with Crippen molar-refractivity contribution in [1.29, 1.82) is 0 Å². The van der Waals surface area contributed by atoms with Crippen LogP contribution >= 0.6 is 0 Å². The smallest absolute Gasteiger partial charge is 0.410 e. The first kappa shape index (κ1) is 40.8. The SMILES string of the molecule is C=CC(=O)NCc1cccc(-c2nc(-c3ccc4c(c3)CCN(C(=O)OC(C)(C)C)C4)c3c(c2-c2ccccc2OCCOC)CCC3)c1.CC.CC. The van der Waals surface area contributed by atoms with Gasteiger partial charge in [-0.1, -0.05) is 82.8 Å². The monoisotopic (exact) mass is 719 g/mol.